The molecule has 2 aromatic carbocycles. The number of sulfonamides is 1. The maximum absolute atomic E-state index is 12.4. The van der Waals surface area contributed by atoms with Crippen molar-refractivity contribution in [1.29, 1.82) is 0 Å². The van der Waals surface area contributed by atoms with Gasteiger partial charge in [-0.3, -0.25) is 4.79 Å². The minimum absolute atomic E-state index is 0.125. The molecule has 0 spiro atoms. The highest BCUT2D eigenvalue weighted by molar-refractivity contribution is 7.89. The molecule has 140 valence electrons. The third-order valence-electron chi connectivity index (χ3n) is 3.49. The maximum Gasteiger partial charge on any atom is 0.278 e. The second-order valence-corrected chi connectivity index (χ2v) is 8.20. The number of anilines is 1. The summed E-state index contributed by atoms with van der Waals surface area (Å²) in [5.41, 5.74) is 1.33. The van der Waals surface area contributed by atoms with Crippen LogP contribution in [-0.2, 0) is 21.4 Å². The first-order valence-corrected chi connectivity index (χ1v) is 10.3. The molecule has 9 heteroatoms. The summed E-state index contributed by atoms with van der Waals surface area (Å²) in [5.74, 6) is 0.413. The van der Waals surface area contributed by atoms with Gasteiger partial charge >= 0.3 is 0 Å². The molecule has 2 N–H and O–H groups in total. The molecule has 1 amide bonds. The first-order valence-electron chi connectivity index (χ1n) is 7.96. The van der Waals surface area contributed by atoms with E-state index in [0.29, 0.717) is 16.6 Å². The molecule has 0 radical (unpaired) electrons. The third kappa shape index (κ3) is 5.36. The zero-order valence-corrected chi connectivity index (χ0v) is 16.0. The number of benzene rings is 2. The third-order valence-corrected chi connectivity index (χ3v) is 5.55. The van der Waals surface area contributed by atoms with Gasteiger partial charge in [0.15, 0.2) is 0 Å². The average Bonchev–Trinajstić information content (AvgIpc) is 3.14. The fraction of sp³-hybridized carbons (Fsp3) is 0.111. The van der Waals surface area contributed by atoms with E-state index in [1.807, 2.05) is 5.38 Å². The summed E-state index contributed by atoms with van der Waals surface area (Å²) < 4.78 is 32.9. The standard InChI is InChI=1S/C18H17N3O4S2/c1-13(22)21-15-4-8-17(9-5-15)27(23,24)20-12-14-2-6-16(7-3-14)25-18-19-10-11-26-18/h2-11,20H,12H2,1H3,(H,21,22). The summed E-state index contributed by atoms with van der Waals surface area (Å²) >= 11 is 1.39. The number of hydrogen-bond donors (Lipinski definition) is 2. The number of carbonyl (C=O) groups is 1. The lowest BCUT2D eigenvalue weighted by Crippen LogP contribution is -2.23. The molecule has 0 fully saturated rings. The summed E-state index contributed by atoms with van der Waals surface area (Å²) in [4.78, 5) is 15.2. The van der Waals surface area contributed by atoms with Crippen LogP contribution in [0, 0.1) is 0 Å². The van der Waals surface area contributed by atoms with Crippen LogP contribution in [0.1, 0.15) is 12.5 Å². The summed E-state index contributed by atoms with van der Waals surface area (Å²) in [5, 5.41) is 4.96. The van der Waals surface area contributed by atoms with Gasteiger partial charge in [0.05, 0.1) is 4.90 Å². The predicted molar refractivity (Wildman–Crippen MR) is 103 cm³/mol. The molecular formula is C18H17N3O4S2. The van der Waals surface area contributed by atoms with Crippen LogP contribution >= 0.6 is 11.3 Å². The Hall–Kier alpha value is -2.75. The highest BCUT2D eigenvalue weighted by atomic mass is 32.2. The fourth-order valence-corrected chi connectivity index (χ4v) is 3.74. The molecule has 0 unspecified atom stereocenters. The van der Waals surface area contributed by atoms with E-state index in [-0.39, 0.29) is 17.3 Å². The normalized spacial score (nSPS) is 11.1. The van der Waals surface area contributed by atoms with Gasteiger partial charge in [-0.2, -0.15) is 0 Å². The number of aromatic nitrogens is 1. The molecule has 1 aromatic heterocycles. The van der Waals surface area contributed by atoms with Gasteiger partial charge in [-0.25, -0.2) is 18.1 Å². The van der Waals surface area contributed by atoms with E-state index in [1.165, 1.54) is 30.4 Å². The lowest BCUT2D eigenvalue weighted by atomic mass is 10.2. The van der Waals surface area contributed by atoms with Gasteiger partial charge in [-0.15, -0.1) is 0 Å². The molecule has 0 atom stereocenters. The molecule has 1 heterocycles. The summed E-state index contributed by atoms with van der Waals surface area (Å²) in [7, 11) is -3.66. The van der Waals surface area contributed by atoms with E-state index in [9.17, 15) is 13.2 Å². The molecule has 0 saturated carbocycles. The number of rotatable bonds is 7. The molecule has 0 aliphatic rings. The Balaban J connectivity index is 1.60. The number of carbonyl (C=O) groups excluding carboxylic acids is 1. The van der Waals surface area contributed by atoms with Gasteiger partial charge in [0, 0.05) is 30.7 Å². The monoisotopic (exact) mass is 403 g/mol. The van der Waals surface area contributed by atoms with Crippen molar-refractivity contribution in [3.05, 3.63) is 65.7 Å². The lowest BCUT2D eigenvalue weighted by Gasteiger charge is -2.09. The molecular weight excluding hydrogens is 386 g/mol. The zero-order chi connectivity index (χ0) is 19.3. The Morgan fingerprint density at radius 1 is 1.11 bits per heavy atom. The first-order chi connectivity index (χ1) is 12.9. The van der Waals surface area contributed by atoms with Crippen molar-refractivity contribution in [2.24, 2.45) is 0 Å². The van der Waals surface area contributed by atoms with Crippen molar-refractivity contribution in [2.45, 2.75) is 18.4 Å². The van der Waals surface area contributed by atoms with Crippen LogP contribution in [0.3, 0.4) is 0 Å². The molecule has 3 rings (SSSR count). The van der Waals surface area contributed by atoms with E-state index < -0.39 is 10.0 Å². The van der Waals surface area contributed by atoms with Crippen molar-refractivity contribution in [3.63, 3.8) is 0 Å². The summed E-state index contributed by atoms with van der Waals surface area (Å²) in [6.07, 6.45) is 1.66. The van der Waals surface area contributed by atoms with Crippen molar-refractivity contribution >= 4 is 33.0 Å². The van der Waals surface area contributed by atoms with Gasteiger partial charge in [0.2, 0.25) is 15.9 Å². The number of amides is 1. The number of hydrogen-bond acceptors (Lipinski definition) is 6. The minimum atomic E-state index is -3.66. The molecule has 0 bridgehead atoms. The highest BCUT2D eigenvalue weighted by Gasteiger charge is 2.13. The fourth-order valence-electron chi connectivity index (χ4n) is 2.22. The van der Waals surface area contributed by atoms with E-state index in [4.69, 9.17) is 4.74 Å². The van der Waals surface area contributed by atoms with Crippen LogP contribution in [0.5, 0.6) is 10.9 Å². The van der Waals surface area contributed by atoms with Crippen LogP contribution in [0.25, 0.3) is 0 Å². The Bertz CT molecular complexity index is 1000. The van der Waals surface area contributed by atoms with Gasteiger partial charge in [0.1, 0.15) is 5.75 Å². The maximum atomic E-state index is 12.4. The van der Waals surface area contributed by atoms with E-state index in [0.717, 1.165) is 5.56 Å². The van der Waals surface area contributed by atoms with Gasteiger partial charge < -0.3 is 10.1 Å². The van der Waals surface area contributed by atoms with Gasteiger partial charge in [-0.1, -0.05) is 23.5 Å². The van der Waals surface area contributed by atoms with Gasteiger partial charge in [0.25, 0.3) is 5.19 Å². The zero-order valence-electron chi connectivity index (χ0n) is 14.4. The lowest BCUT2D eigenvalue weighted by molar-refractivity contribution is -0.114. The van der Waals surface area contributed by atoms with Crippen LogP contribution < -0.4 is 14.8 Å². The smallest absolute Gasteiger partial charge is 0.278 e. The van der Waals surface area contributed by atoms with Crippen molar-refractivity contribution < 1.29 is 17.9 Å². The Morgan fingerprint density at radius 3 is 2.41 bits per heavy atom. The SMILES string of the molecule is CC(=O)Nc1ccc(S(=O)(=O)NCc2ccc(Oc3nccs3)cc2)cc1. The van der Waals surface area contributed by atoms with E-state index in [2.05, 4.69) is 15.0 Å². The summed E-state index contributed by atoms with van der Waals surface area (Å²) in [6.45, 7) is 1.53. The highest BCUT2D eigenvalue weighted by Crippen LogP contribution is 2.23. The van der Waals surface area contributed by atoms with Crippen molar-refractivity contribution in [2.75, 3.05) is 5.32 Å². The Morgan fingerprint density at radius 2 is 1.81 bits per heavy atom. The number of ether oxygens (including phenoxy) is 1. The van der Waals surface area contributed by atoms with Crippen LogP contribution in [0.4, 0.5) is 5.69 Å². The second-order valence-electron chi connectivity index (χ2n) is 5.57. The van der Waals surface area contributed by atoms with Crippen molar-refractivity contribution in [1.82, 2.24) is 9.71 Å². The van der Waals surface area contributed by atoms with Crippen molar-refractivity contribution in [3.8, 4) is 10.9 Å². The Kier molecular flexibility index (Phi) is 5.84. The quantitative estimate of drug-likeness (QED) is 0.630. The number of nitrogens with zero attached hydrogens (tertiary/aromatic N) is 1. The molecule has 3 aromatic rings. The topological polar surface area (TPSA) is 97.4 Å². The average molecular weight is 403 g/mol. The molecule has 0 saturated heterocycles. The van der Waals surface area contributed by atoms with E-state index in [1.54, 1.807) is 42.6 Å². The van der Waals surface area contributed by atoms with Crippen LogP contribution in [0.15, 0.2) is 65.0 Å². The van der Waals surface area contributed by atoms with E-state index >= 15 is 0 Å². The predicted octanol–water partition coefficient (Wildman–Crippen LogP) is 3.37. The molecule has 7 nitrogen and oxygen atoms in total. The number of nitrogens with one attached hydrogen (secondary N) is 2. The molecule has 27 heavy (non-hydrogen) atoms. The largest absolute Gasteiger partial charge is 0.431 e. The summed E-state index contributed by atoms with van der Waals surface area (Å²) in [6, 6.07) is 13.1. The van der Waals surface area contributed by atoms with Gasteiger partial charge in [-0.05, 0) is 42.0 Å². The van der Waals surface area contributed by atoms with Crippen LogP contribution in [-0.4, -0.2) is 19.3 Å². The number of thiazole rings is 1. The second kappa shape index (κ2) is 8.30. The first kappa shape index (κ1) is 19.0. The minimum Gasteiger partial charge on any atom is -0.431 e. The Labute approximate surface area is 161 Å². The van der Waals surface area contributed by atoms with Crippen LogP contribution in [0.2, 0.25) is 0 Å². The molecule has 0 aliphatic heterocycles. The molecule has 0 aliphatic carbocycles.